The van der Waals surface area contributed by atoms with Crippen LogP contribution in [0, 0.1) is 0 Å². The van der Waals surface area contributed by atoms with E-state index in [0.29, 0.717) is 12.1 Å². The normalized spacial score (nSPS) is 11.9. The van der Waals surface area contributed by atoms with Gasteiger partial charge < -0.3 is 10.2 Å². The Bertz CT molecular complexity index is 435. The summed E-state index contributed by atoms with van der Waals surface area (Å²) in [5, 5.41) is 17.6. The average Bonchev–Trinajstić information content (AvgIpc) is 2.14. The first-order chi connectivity index (χ1) is 7.32. The number of benzene rings is 1. The molecule has 0 saturated carbocycles. The molecule has 0 heterocycles. The van der Waals surface area contributed by atoms with Crippen LogP contribution in [0.15, 0.2) is 24.3 Å². The van der Waals surface area contributed by atoms with E-state index in [9.17, 15) is 23.1 Å². The summed E-state index contributed by atoms with van der Waals surface area (Å²) in [6, 6.07) is 2.99. The highest BCUT2D eigenvalue weighted by atomic mass is 19.4. The lowest BCUT2D eigenvalue weighted by molar-refractivity contribution is -0.138. The first kappa shape index (κ1) is 12.1. The van der Waals surface area contributed by atoms with Crippen molar-refractivity contribution in [2.45, 2.75) is 6.18 Å². The molecule has 1 rings (SSSR count). The Labute approximate surface area is 88.4 Å². The molecule has 0 aromatic heterocycles. The Morgan fingerprint density at radius 2 is 1.94 bits per heavy atom. The standard InChI is InChI=1S/C10H7F3O3/c11-10(12,13)7-3-1-2-6(9(7)16)4-5-8(14)15/h1-5,16H,(H,14,15)/b5-4+. The third-order valence-corrected chi connectivity index (χ3v) is 1.78. The van der Waals surface area contributed by atoms with E-state index >= 15 is 0 Å². The van der Waals surface area contributed by atoms with Gasteiger partial charge >= 0.3 is 12.1 Å². The zero-order valence-electron chi connectivity index (χ0n) is 7.82. The van der Waals surface area contributed by atoms with Crippen molar-refractivity contribution in [2.24, 2.45) is 0 Å². The Hall–Kier alpha value is -1.98. The summed E-state index contributed by atoms with van der Waals surface area (Å²) in [5.74, 6) is -2.29. The van der Waals surface area contributed by atoms with Crippen LogP contribution in [0.3, 0.4) is 0 Å². The zero-order chi connectivity index (χ0) is 12.3. The van der Waals surface area contributed by atoms with Crippen molar-refractivity contribution in [1.29, 1.82) is 0 Å². The molecule has 0 bridgehead atoms. The van der Waals surface area contributed by atoms with Gasteiger partial charge in [0.2, 0.25) is 0 Å². The molecule has 3 nitrogen and oxygen atoms in total. The van der Waals surface area contributed by atoms with Gasteiger partial charge in [0.15, 0.2) is 0 Å². The number of para-hydroxylation sites is 1. The predicted octanol–water partition coefficient (Wildman–Crippen LogP) is 2.51. The summed E-state index contributed by atoms with van der Waals surface area (Å²) in [7, 11) is 0. The van der Waals surface area contributed by atoms with E-state index in [-0.39, 0.29) is 5.56 Å². The van der Waals surface area contributed by atoms with Crippen molar-refractivity contribution in [3.05, 3.63) is 35.4 Å². The van der Waals surface area contributed by atoms with E-state index in [1.165, 1.54) is 6.07 Å². The molecule has 0 amide bonds. The van der Waals surface area contributed by atoms with Gasteiger partial charge in [-0.05, 0) is 12.1 Å². The summed E-state index contributed by atoms with van der Waals surface area (Å²) in [6.07, 6.45) is -3.13. The fourth-order valence-electron chi connectivity index (χ4n) is 1.09. The molecule has 0 aliphatic rings. The molecule has 0 aliphatic carbocycles. The maximum Gasteiger partial charge on any atom is 0.419 e. The number of aromatic hydroxyl groups is 1. The minimum absolute atomic E-state index is 0.197. The molecule has 0 saturated heterocycles. The summed E-state index contributed by atoms with van der Waals surface area (Å²) < 4.78 is 37.0. The topological polar surface area (TPSA) is 57.5 Å². The third kappa shape index (κ3) is 2.75. The van der Waals surface area contributed by atoms with Crippen LogP contribution in [0.5, 0.6) is 5.75 Å². The highest BCUT2D eigenvalue weighted by molar-refractivity contribution is 5.86. The van der Waals surface area contributed by atoms with Gasteiger partial charge in [-0.1, -0.05) is 12.1 Å². The number of phenolic OH excluding ortho intramolecular Hbond substituents is 1. The maximum atomic E-state index is 12.3. The van der Waals surface area contributed by atoms with Gasteiger partial charge in [-0.2, -0.15) is 13.2 Å². The lowest BCUT2D eigenvalue weighted by Crippen LogP contribution is -2.05. The van der Waals surface area contributed by atoms with Crippen LogP contribution in [-0.2, 0) is 11.0 Å². The molecule has 6 heteroatoms. The Kier molecular flexibility index (Phi) is 3.22. The number of phenols is 1. The van der Waals surface area contributed by atoms with Crippen LogP contribution < -0.4 is 0 Å². The van der Waals surface area contributed by atoms with Crippen LogP contribution in [-0.4, -0.2) is 16.2 Å². The Morgan fingerprint density at radius 1 is 1.31 bits per heavy atom. The highest BCUT2D eigenvalue weighted by Gasteiger charge is 2.34. The second-order valence-electron chi connectivity index (χ2n) is 2.91. The summed E-state index contributed by atoms with van der Waals surface area (Å²) in [4.78, 5) is 10.2. The number of hydrogen-bond donors (Lipinski definition) is 2. The number of halogens is 3. The average molecular weight is 232 g/mol. The van der Waals surface area contributed by atoms with Crippen LogP contribution in [0.1, 0.15) is 11.1 Å². The van der Waals surface area contributed by atoms with Crippen molar-refractivity contribution in [3.8, 4) is 5.75 Å². The van der Waals surface area contributed by atoms with E-state index in [1.807, 2.05) is 0 Å². The summed E-state index contributed by atoms with van der Waals surface area (Å²) in [5.41, 5.74) is -1.39. The lowest BCUT2D eigenvalue weighted by Gasteiger charge is -2.10. The van der Waals surface area contributed by atoms with Crippen molar-refractivity contribution >= 4 is 12.0 Å². The second kappa shape index (κ2) is 4.26. The number of carboxylic acid groups (broad SMARTS) is 1. The van der Waals surface area contributed by atoms with Gasteiger partial charge in [0.05, 0.1) is 5.56 Å². The minimum Gasteiger partial charge on any atom is -0.507 e. The molecule has 16 heavy (non-hydrogen) atoms. The van der Waals surface area contributed by atoms with Crippen LogP contribution in [0.2, 0.25) is 0 Å². The van der Waals surface area contributed by atoms with Gasteiger partial charge in [0.25, 0.3) is 0 Å². The quantitative estimate of drug-likeness (QED) is 0.770. The molecule has 0 fully saturated rings. The second-order valence-corrected chi connectivity index (χ2v) is 2.91. The number of aliphatic carboxylic acids is 1. The molecular formula is C10H7F3O3. The lowest BCUT2D eigenvalue weighted by atomic mass is 10.1. The zero-order valence-corrected chi connectivity index (χ0v) is 7.82. The van der Waals surface area contributed by atoms with Crippen molar-refractivity contribution in [3.63, 3.8) is 0 Å². The Morgan fingerprint density at radius 3 is 2.44 bits per heavy atom. The largest absolute Gasteiger partial charge is 0.507 e. The fraction of sp³-hybridized carbons (Fsp3) is 0.100. The molecule has 2 N–H and O–H groups in total. The smallest absolute Gasteiger partial charge is 0.419 e. The number of rotatable bonds is 2. The van der Waals surface area contributed by atoms with E-state index in [4.69, 9.17) is 5.11 Å². The molecule has 0 aliphatic heterocycles. The molecule has 0 unspecified atom stereocenters. The van der Waals surface area contributed by atoms with Crippen LogP contribution >= 0.6 is 0 Å². The third-order valence-electron chi connectivity index (χ3n) is 1.78. The van der Waals surface area contributed by atoms with E-state index in [0.717, 1.165) is 12.1 Å². The molecule has 1 aromatic carbocycles. The van der Waals surface area contributed by atoms with Crippen molar-refractivity contribution in [1.82, 2.24) is 0 Å². The van der Waals surface area contributed by atoms with Gasteiger partial charge in [0, 0.05) is 11.6 Å². The number of alkyl halides is 3. The van der Waals surface area contributed by atoms with Crippen molar-refractivity contribution in [2.75, 3.05) is 0 Å². The van der Waals surface area contributed by atoms with E-state index < -0.39 is 23.5 Å². The highest BCUT2D eigenvalue weighted by Crippen LogP contribution is 2.37. The monoisotopic (exact) mass is 232 g/mol. The molecule has 86 valence electrons. The molecule has 1 aromatic rings. The van der Waals surface area contributed by atoms with Crippen molar-refractivity contribution < 1.29 is 28.2 Å². The molecule has 0 radical (unpaired) electrons. The fourth-order valence-corrected chi connectivity index (χ4v) is 1.09. The molecule has 0 spiro atoms. The van der Waals surface area contributed by atoms with Crippen LogP contribution in [0.4, 0.5) is 13.2 Å². The maximum absolute atomic E-state index is 12.3. The summed E-state index contributed by atoms with van der Waals surface area (Å²) in [6.45, 7) is 0. The summed E-state index contributed by atoms with van der Waals surface area (Å²) >= 11 is 0. The van der Waals surface area contributed by atoms with Gasteiger partial charge in [-0.3, -0.25) is 0 Å². The van der Waals surface area contributed by atoms with E-state index in [1.54, 1.807) is 0 Å². The minimum atomic E-state index is -4.67. The molecule has 0 atom stereocenters. The molecular weight excluding hydrogens is 225 g/mol. The van der Waals surface area contributed by atoms with Gasteiger partial charge in [-0.15, -0.1) is 0 Å². The first-order valence-corrected chi connectivity index (χ1v) is 4.12. The number of hydrogen-bond acceptors (Lipinski definition) is 2. The SMILES string of the molecule is O=C(O)/C=C/c1cccc(C(F)(F)F)c1O. The Balaban J connectivity index is 3.19. The van der Waals surface area contributed by atoms with Gasteiger partial charge in [0.1, 0.15) is 5.75 Å². The number of carboxylic acids is 1. The predicted molar refractivity (Wildman–Crippen MR) is 49.8 cm³/mol. The first-order valence-electron chi connectivity index (χ1n) is 4.12. The van der Waals surface area contributed by atoms with Crippen LogP contribution in [0.25, 0.3) is 6.08 Å². The number of carbonyl (C=O) groups is 1. The van der Waals surface area contributed by atoms with Gasteiger partial charge in [-0.25, -0.2) is 4.79 Å². The van der Waals surface area contributed by atoms with E-state index in [2.05, 4.69) is 0 Å².